The Balaban J connectivity index is 1.70. The van der Waals surface area contributed by atoms with Crippen molar-refractivity contribution in [3.63, 3.8) is 0 Å². The van der Waals surface area contributed by atoms with Crippen molar-refractivity contribution in [2.24, 2.45) is 5.92 Å². The van der Waals surface area contributed by atoms with Gasteiger partial charge in [0.2, 0.25) is 0 Å². The average Bonchev–Trinajstić information content (AvgIpc) is 2.89. The zero-order valence-corrected chi connectivity index (χ0v) is 14.6. The molecule has 1 aliphatic carbocycles. The zero-order chi connectivity index (χ0) is 17.2. The van der Waals surface area contributed by atoms with Crippen LogP contribution >= 0.6 is 0 Å². The van der Waals surface area contributed by atoms with Crippen LogP contribution in [0.4, 0.5) is 0 Å². The van der Waals surface area contributed by atoms with Gasteiger partial charge in [-0.2, -0.15) is 0 Å². The number of aryl methyl sites for hydroxylation is 2. The second kappa shape index (κ2) is 7.11. The maximum atomic E-state index is 12.9. The Labute approximate surface area is 143 Å². The summed E-state index contributed by atoms with van der Waals surface area (Å²) in [6, 6.07) is 6.14. The summed E-state index contributed by atoms with van der Waals surface area (Å²) in [6.07, 6.45) is 3.41. The molecule has 132 valence electrons. The number of rotatable bonds is 4. The second-order valence-electron chi connectivity index (χ2n) is 7.27. The van der Waals surface area contributed by atoms with Gasteiger partial charge >= 0.3 is 0 Å². The van der Waals surface area contributed by atoms with Crippen molar-refractivity contribution in [3.8, 4) is 5.75 Å². The van der Waals surface area contributed by atoms with E-state index in [4.69, 9.17) is 9.47 Å². The Kier molecular flexibility index (Phi) is 5.11. The van der Waals surface area contributed by atoms with Crippen molar-refractivity contribution in [1.82, 2.24) is 4.90 Å². The first-order chi connectivity index (χ1) is 11.5. The van der Waals surface area contributed by atoms with Crippen molar-refractivity contribution in [2.75, 3.05) is 32.9 Å². The van der Waals surface area contributed by atoms with Crippen molar-refractivity contribution in [3.05, 3.63) is 29.3 Å². The summed E-state index contributed by atoms with van der Waals surface area (Å²) in [4.78, 5) is 14.7. The van der Waals surface area contributed by atoms with Crippen LogP contribution < -0.4 is 4.74 Å². The van der Waals surface area contributed by atoms with Gasteiger partial charge in [-0.15, -0.1) is 0 Å². The molecule has 1 amide bonds. The van der Waals surface area contributed by atoms with Crippen LogP contribution in [0.15, 0.2) is 18.2 Å². The van der Waals surface area contributed by atoms with Gasteiger partial charge in [-0.3, -0.25) is 4.79 Å². The first-order valence-electron chi connectivity index (χ1n) is 8.78. The SMILES string of the molecule is CC(C)(Oc1ccc2c(c1)CCC2)C(=O)N1CCOC[C@@H](CO)C1. The molecule has 1 saturated heterocycles. The summed E-state index contributed by atoms with van der Waals surface area (Å²) < 4.78 is 11.5. The second-order valence-corrected chi connectivity index (χ2v) is 7.27. The number of hydrogen-bond acceptors (Lipinski definition) is 4. The quantitative estimate of drug-likeness (QED) is 0.913. The molecule has 0 bridgehead atoms. The largest absolute Gasteiger partial charge is 0.478 e. The number of aliphatic hydroxyl groups excluding tert-OH is 1. The monoisotopic (exact) mass is 333 g/mol. The van der Waals surface area contributed by atoms with Gasteiger partial charge in [0.1, 0.15) is 5.75 Å². The fourth-order valence-corrected chi connectivity index (χ4v) is 3.51. The van der Waals surface area contributed by atoms with Gasteiger partial charge in [0.25, 0.3) is 5.91 Å². The first kappa shape index (κ1) is 17.2. The predicted octanol–water partition coefficient (Wildman–Crippen LogP) is 1.80. The number of aliphatic hydroxyl groups is 1. The van der Waals surface area contributed by atoms with E-state index in [0.29, 0.717) is 26.3 Å². The highest BCUT2D eigenvalue weighted by atomic mass is 16.5. The van der Waals surface area contributed by atoms with Crippen LogP contribution in [0.2, 0.25) is 0 Å². The summed E-state index contributed by atoms with van der Waals surface area (Å²) in [5.41, 5.74) is 1.78. The molecule has 1 N–H and O–H groups in total. The van der Waals surface area contributed by atoms with E-state index >= 15 is 0 Å². The van der Waals surface area contributed by atoms with E-state index in [-0.39, 0.29) is 18.4 Å². The van der Waals surface area contributed by atoms with Crippen molar-refractivity contribution in [1.29, 1.82) is 0 Å². The number of carbonyl (C=O) groups excluding carboxylic acids is 1. The fraction of sp³-hybridized carbons (Fsp3) is 0.632. The lowest BCUT2D eigenvalue weighted by Crippen LogP contribution is -2.50. The molecule has 0 aromatic heterocycles. The van der Waals surface area contributed by atoms with E-state index in [1.54, 1.807) is 4.90 Å². The average molecular weight is 333 g/mol. The molecule has 1 aromatic carbocycles. The van der Waals surface area contributed by atoms with Crippen LogP contribution in [-0.2, 0) is 22.4 Å². The first-order valence-corrected chi connectivity index (χ1v) is 8.78. The number of carbonyl (C=O) groups is 1. The molecule has 1 heterocycles. The molecule has 1 aliphatic heterocycles. The Bertz CT molecular complexity index is 599. The Morgan fingerprint density at radius 1 is 1.38 bits per heavy atom. The molecular weight excluding hydrogens is 306 g/mol. The highest BCUT2D eigenvalue weighted by Crippen LogP contribution is 2.28. The lowest BCUT2D eigenvalue weighted by atomic mass is 10.1. The van der Waals surface area contributed by atoms with Gasteiger partial charge in [-0.25, -0.2) is 0 Å². The Morgan fingerprint density at radius 2 is 2.17 bits per heavy atom. The molecule has 0 saturated carbocycles. The molecule has 5 nitrogen and oxygen atoms in total. The topological polar surface area (TPSA) is 59.0 Å². The summed E-state index contributed by atoms with van der Waals surface area (Å²) in [5, 5.41) is 9.39. The number of ether oxygens (including phenoxy) is 2. The maximum Gasteiger partial charge on any atom is 0.266 e. The number of nitrogens with zero attached hydrogens (tertiary/aromatic N) is 1. The van der Waals surface area contributed by atoms with Gasteiger partial charge in [-0.05, 0) is 56.4 Å². The molecular formula is C19H27NO4. The minimum absolute atomic E-state index is 0.0237. The van der Waals surface area contributed by atoms with Crippen LogP contribution in [0.1, 0.15) is 31.4 Å². The van der Waals surface area contributed by atoms with E-state index in [1.165, 1.54) is 17.5 Å². The zero-order valence-electron chi connectivity index (χ0n) is 14.6. The van der Waals surface area contributed by atoms with E-state index in [9.17, 15) is 9.90 Å². The van der Waals surface area contributed by atoms with E-state index in [2.05, 4.69) is 12.1 Å². The third kappa shape index (κ3) is 3.73. The van der Waals surface area contributed by atoms with Gasteiger partial charge in [0.15, 0.2) is 5.60 Å². The standard InChI is InChI=1S/C19H27NO4/c1-19(2,18(22)20-8-9-23-13-14(11-20)12-21)24-17-7-6-15-4-3-5-16(15)10-17/h6-7,10,14,21H,3-5,8-9,11-13H2,1-2H3/t14-/m1/s1. The molecule has 2 aliphatic rings. The molecule has 0 unspecified atom stereocenters. The summed E-state index contributed by atoms with van der Waals surface area (Å²) in [7, 11) is 0. The third-order valence-corrected chi connectivity index (χ3v) is 4.84. The fourth-order valence-electron chi connectivity index (χ4n) is 3.51. The van der Waals surface area contributed by atoms with E-state index in [1.807, 2.05) is 19.9 Å². The van der Waals surface area contributed by atoms with Gasteiger partial charge in [0.05, 0.1) is 13.2 Å². The van der Waals surface area contributed by atoms with Crippen LogP contribution in [0.3, 0.4) is 0 Å². The minimum atomic E-state index is -0.947. The maximum absolute atomic E-state index is 12.9. The lowest BCUT2D eigenvalue weighted by Gasteiger charge is -2.32. The van der Waals surface area contributed by atoms with Crippen LogP contribution in [0.5, 0.6) is 5.75 Å². The third-order valence-electron chi connectivity index (χ3n) is 4.84. The molecule has 1 aromatic rings. The predicted molar refractivity (Wildman–Crippen MR) is 91.1 cm³/mol. The molecule has 0 radical (unpaired) electrons. The van der Waals surface area contributed by atoms with Crippen LogP contribution in [0, 0.1) is 5.92 Å². The van der Waals surface area contributed by atoms with Crippen molar-refractivity contribution in [2.45, 2.75) is 38.7 Å². The van der Waals surface area contributed by atoms with Gasteiger partial charge in [-0.1, -0.05) is 6.07 Å². The normalized spacial score (nSPS) is 21.3. The van der Waals surface area contributed by atoms with Crippen molar-refractivity contribution < 1.29 is 19.4 Å². The number of amides is 1. The highest BCUT2D eigenvalue weighted by molar-refractivity contribution is 5.85. The molecule has 1 fully saturated rings. The molecule has 3 rings (SSSR count). The molecule has 1 atom stereocenters. The van der Waals surface area contributed by atoms with Gasteiger partial charge in [0, 0.05) is 25.6 Å². The molecule has 24 heavy (non-hydrogen) atoms. The van der Waals surface area contributed by atoms with E-state index in [0.717, 1.165) is 18.6 Å². The Hall–Kier alpha value is -1.59. The minimum Gasteiger partial charge on any atom is -0.478 e. The van der Waals surface area contributed by atoms with E-state index < -0.39 is 5.60 Å². The van der Waals surface area contributed by atoms with Crippen LogP contribution in [-0.4, -0.2) is 54.4 Å². The van der Waals surface area contributed by atoms with Crippen LogP contribution in [0.25, 0.3) is 0 Å². The number of hydrogen-bond donors (Lipinski definition) is 1. The summed E-state index contributed by atoms with van der Waals surface area (Å²) in [6.45, 7) is 5.67. The van der Waals surface area contributed by atoms with Gasteiger partial charge < -0.3 is 19.5 Å². The number of benzene rings is 1. The molecule has 5 heteroatoms. The number of fused-ring (bicyclic) bond motifs is 1. The summed E-state index contributed by atoms with van der Waals surface area (Å²) >= 11 is 0. The Morgan fingerprint density at radius 3 is 2.96 bits per heavy atom. The van der Waals surface area contributed by atoms with Crippen molar-refractivity contribution >= 4 is 5.91 Å². The summed E-state index contributed by atoms with van der Waals surface area (Å²) in [5.74, 6) is 0.651. The smallest absolute Gasteiger partial charge is 0.266 e. The molecule has 0 spiro atoms. The highest BCUT2D eigenvalue weighted by Gasteiger charge is 2.36. The lowest BCUT2D eigenvalue weighted by molar-refractivity contribution is -0.146.